The second-order valence-corrected chi connectivity index (χ2v) is 2.16. The highest BCUT2D eigenvalue weighted by molar-refractivity contribution is 4.43. The zero-order chi connectivity index (χ0) is 6.24. The normalized spacial score (nSPS) is 9.75. The molecule has 3 radical (unpaired) electrons. The molecule has 0 bridgehead atoms. The van der Waals surface area contributed by atoms with E-state index in [0.29, 0.717) is 6.42 Å². The van der Waals surface area contributed by atoms with E-state index in [2.05, 4.69) is 6.92 Å². The van der Waals surface area contributed by atoms with Crippen LogP contribution in [-0.2, 0) is 0 Å². The molecular formula is C8H15. The van der Waals surface area contributed by atoms with E-state index in [9.17, 15) is 0 Å². The quantitative estimate of drug-likeness (QED) is 0.478. The van der Waals surface area contributed by atoms with Crippen LogP contribution >= 0.6 is 0 Å². The van der Waals surface area contributed by atoms with Crippen LogP contribution in [0.3, 0.4) is 0 Å². The van der Waals surface area contributed by atoms with Gasteiger partial charge in [-0.05, 0) is 13.3 Å². The lowest BCUT2D eigenvalue weighted by atomic mass is 10.1. The van der Waals surface area contributed by atoms with E-state index in [-0.39, 0.29) is 0 Å². The standard InChI is InChI=1S/C8H15/c1-3-5-7-8-6-4-2/h3-8H2,1H3. The molecule has 0 aromatic heterocycles. The van der Waals surface area contributed by atoms with Crippen LogP contribution in [0.5, 0.6) is 0 Å². The zero-order valence-corrected chi connectivity index (χ0v) is 5.74. The van der Waals surface area contributed by atoms with Gasteiger partial charge in [0, 0.05) is 0 Å². The first kappa shape index (κ1) is 8.00. The lowest BCUT2D eigenvalue weighted by Gasteiger charge is -1.93. The number of unbranched alkanes of at least 4 members (excludes halogenated alkanes) is 5. The van der Waals surface area contributed by atoms with E-state index in [1.54, 1.807) is 0 Å². The first-order valence-corrected chi connectivity index (χ1v) is 3.56. The van der Waals surface area contributed by atoms with Gasteiger partial charge in [-0.1, -0.05) is 39.0 Å². The fraction of sp³-hybridized carbons (Fsp3) is 0.875. The van der Waals surface area contributed by atoms with E-state index >= 15 is 0 Å². The molecule has 47 valence electrons. The second kappa shape index (κ2) is 7.00. The van der Waals surface area contributed by atoms with Gasteiger partial charge in [0.05, 0.1) is 0 Å². The lowest BCUT2D eigenvalue weighted by Crippen LogP contribution is -1.74. The highest BCUT2D eigenvalue weighted by atomic mass is 13.9. The fourth-order valence-electron chi connectivity index (χ4n) is 0.729. The Labute approximate surface area is 53.3 Å². The molecule has 0 N–H and O–H groups in total. The van der Waals surface area contributed by atoms with E-state index < -0.39 is 0 Å². The third-order valence-electron chi connectivity index (χ3n) is 1.28. The van der Waals surface area contributed by atoms with Crippen LogP contribution < -0.4 is 0 Å². The first-order valence-electron chi connectivity index (χ1n) is 3.56. The third kappa shape index (κ3) is 6.00. The molecule has 8 heavy (non-hydrogen) atoms. The number of rotatable bonds is 5. The SMILES string of the molecule is [C]CCCCCCC. The minimum atomic E-state index is 0.615. The summed E-state index contributed by atoms with van der Waals surface area (Å²) in [6, 6.07) is 0. The summed E-state index contributed by atoms with van der Waals surface area (Å²) in [7, 11) is 0. The molecule has 0 aromatic rings. The molecule has 0 spiro atoms. The predicted molar refractivity (Wildman–Crippen MR) is 36.6 cm³/mol. The average Bonchev–Trinajstić information content (AvgIpc) is 1.81. The lowest BCUT2D eigenvalue weighted by molar-refractivity contribution is 0.637. The van der Waals surface area contributed by atoms with Crippen LogP contribution in [0.15, 0.2) is 0 Å². The highest BCUT2D eigenvalue weighted by Gasteiger charge is 1.83. The van der Waals surface area contributed by atoms with Crippen LogP contribution in [0.1, 0.15) is 45.4 Å². The van der Waals surface area contributed by atoms with Crippen molar-refractivity contribution in [1.29, 1.82) is 0 Å². The van der Waals surface area contributed by atoms with Crippen LogP contribution in [0.4, 0.5) is 0 Å². The molecule has 0 fully saturated rings. The Hall–Kier alpha value is 0. The molecule has 0 aromatic carbocycles. The molecular weight excluding hydrogens is 96.1 g/mol. The average molecular weight is 111 g/mol. The predicted octanol–water partition coefficient (Wildman–Crippen LogP) is 2.93. The molecule has 0 amide bonds. The van der Waals surface area contributed by atoms with E-state index in [1.807, 2.05) is 0 Å². The van der Waals surface area contributed by atoms with Crippen molar-refractivity contribution in [2.45, 2.75) is 45.4 Å². The summed E-state index contributed by atoms with van der Waals surface area (Å²) in [5.41, 5.74) is 0. The van der Waals surface area contributed by atoms with E-state index in [4.69, 9.17) is 6.92 Å². The Balaban J connectivity index is 2.53. The Kier molecular flexibility index (Phi) is 7.00. The van der Waals surface area contributed by atoms with Crippen LogP contribution in [0.2, 0.25) is 0 Å². The fourth-order valence-corrected chi connectivity index (χ4v) is 0.729. The van der Waals surface area contributed by atoms with Gasteiger partial charge < -0.3 is 0 Å². The Morgan fingerprint density at radius 2 is 1.62 bits per heavy atom. The molecule has 0 unspecified atom stereocenters. The molecule has 0 atom stereocenters. The van der Waals surface area contributed by atoms with Crippen LogP contribution in [-0.4, -0.2) is 0 Å². The van der Waals surface area contributed by atoms with Crippen molar-refractivity contribution < 1.29 is 0 Å². The molecule has 0 heterocycles. The summed E-state index contributed by atoms with van der Waals surface area (Å²) in [6.45, 7) is 9.05. The van der Waals surface area contributed by atoms with E-state index in [0.717, 1.165) is 6.42 Å². The van der Waals surface area contributed by atoms with Gasteiger partial charge in [-0.25, -0.2) is 0 Å². The number of hydrogen-bond acceptors (Lipinski definition) is 0. The van der Waals surface area contributed by atoms with Gasteiger partial charge in [0.1, 0.15) is 0 Å². The molecule has 0 aliphatic rings. The van der Waals surface area contributed by atoms with Crippen molar-refractivity contribution in [1.82, 2.24) is 0 Å². The smallest absolute Gasteiger partial charge is 0.00936 e. The van der Waals surface area contributed by atoms with Crippen LogP contribution in [0.25, 0.3) is 0 Å². The largest absolute Gasteiger partial charge is 0.0654 e. The summed E-state index contributed by atoms with van der Waals surface area (Å²) in [5, 5.41) is 0. The maximum atomic E-state index is 6.84. The molecule has 0 saturated heterocycles. The summed E-state index contributed by atoms with van der Waals surface area (Å²) < 4.78 is 0. The van der Waals surface area contributed by atoms with Crippen molar-refractivity contribution in [2.75, 3.05) is 0 Å². The topological polar surface area (TPSA) is 0 Å². The Bertz CT molecular complexity index is 25.0. The minimum absolute atomic E-state index is 0.615. The molecule has 0 heteroatoms. The molecule has 0 rings (SSSR count). The van der Waals surface area contributed by atoms with Gasteiger partial charge in [-0.15, -0.1) is 0 Å². The van der Waals surface area contributed by atoms with Crippen molar-refractivity contribution in [3.05, 3.63) is 6.92 Å². The van der Waals surface area contributed by atoms with Gasteiger partial charge in [-0.3, -0.25) is 0 Å². The van der Waals surface area contributed by atoms with Gasteiger partial charge in [0.25, 0.3) is 0 Å². The zero-order valence-electron chi connectivity index (χ0n) is 5.74. The number of hydrogen-bond donors (Lipinski definition) is 0. The summed E-state index contributed by atoms with van der Waals surface area (Å²) in [4.78, 5) is 0. The van der Waals surface area contributed by atoms with Crippen molar-refractivity contribution in [3.63, 3.8) is 0 Å². The molecule has 0 aliphatic heterocycles. The Morgan fingerprint density at radius 1 is 1.00 bits per heavy atom. The summed E-state index contributed by atoms with van der Waals surface area (Å²) >= 11 is 0. The van der Waals surface area contributed by atoms with Crippen LogP contribution in [0, 0.1) is 6.92 Å². The molecule has 0 nitrogen and oxygen atoms in total. The van der Waals surface area contributed by atoms with Gasteiger partial charge >= 0.3 is 0 Å². The molecule has 0 aliphatic carbocycles. The van der Waals surface area contributed by atoms with Crippen molar-refractivity contribution >= 4 is 0 Å². The maximum absolute atomic E-state index is 6.84. The molecule has 0 saturated carbocycles. The van der Waals surface area contributed by atoms with Crippen molar-refractivity contribution in [3.8, 4) is 0 Å². The summed E-state index contributed by atoms with van der Waals surface area (Å²) in [6.07, 6.45) is 6.95. The maximum Gasteiger partial charge on any atom is -0.00936 e. The first-order chi connectivity index (χ1) is 3.91. The second-order valence-electron chi connectivity index (χ2n) is 2.16. The van der Waals surface area contributed by atoms with E-state index in [1.165, 1.54) is 25.7 Å². The third-order valence-corrected chi connectivity index (χ3v) is 1.28. The van der Waals surface area contributed by atoms with Gasteiger partial charge in [0.15, 0.2) is 0 Å². The minimum Gasteiger partial charge on any atom is -0.0654 e. The van der Waals surface area contributed by atoms with Gasteiger partial charge in [0.2, 0.25) is 0 Å². The summed E-state index contributed by atoms with van der Waals surface area (Å²) in [5.74, 6) is 0. The van der Waals surface area contributed by atoms with Crippen molar-refractivity contribution in [2.24, 2.45) is 0 Å². The van der Waals surface area contributed by atoms with Gasteiger partial charge in [-0.2, -0.15) is 0 Å². The highest BCUT2D eigenvalue weighted by Crippen LogP contribution is 2.03. The Morgan fingerprint density at radius 3 is 2.12 bits per heavy atom. The monoisotopic (exact) mass is 111 g/mol.